The predicted octanol–water partition coefficient (Wildman–Crippen LogP) is 4.64. The van der Waals surface area contributed by atoms with Gasteiger partial charge in [-0.15, -0.1) is 0 Å². The zero-order valence-corrected chi connectivity index (χ0v) is 22.0. The Morgan fingerprint density at radius 2 is 1.89 bits per heavy atom. The number of rotatable bonds is 14. The van der Waals surface area contributed by atoms with E-state index in [0.29, 0.717) is 18.3 Å². The molecule has 1 aromatic carbocycles. The zero-order valence-electron chi connectivity index (χ0n) is 22.0. The molecule has 1 heterocycles. The molecule has 3 N–H and O–H groups in total. The van der Waals surface area contributed by atoms with Gasteiger partial charge in [0.1, 0.15) is 11.7 Å². The molecule has 2 aliphatic carbocycles. The number of alkyl halides is 1. The molecule has 9 heteroatoms. The highest BCUT2D eigenvalue weighted by Crippen LogP contribution is 2.36. The molecule has 2 aliphatic rings. The van der Waals surface area contributed by atoms with E-state index in [9.17, 15) is 9.59 Å². The number of hydrogen-bond acceptors (Lipinski definition) is 5. The van der Waals surface area contributed by atoms with Gasteiger partial charge in [0.25, 0.3) is 5.91 Å². The van der Waals surface area contributed by atoms with Crippen molar-refractivity contribution in [3.05, 3.63) is 47.7 Å². The molecule has 0 saturated heterocycles. The Labute approximate surface area is 224 Å². The number of carbonyl (C=O) groups is 2. The molecule has 2 saturated carbocycles. The number of amides is 2. The van der Waals surface area contributed by atoms with Gasteiger partial charge >= 0.3 is 0 Å². The maximum Gasteiger partial charge on any atom is 0.254 e. The second-order valence-corrected chi connectivity index (χ2v) is 10.8. The molecule has 2 amide bonds. The number of carbonyl (C=O) groups excluding carboxylic acids is 2. The normalized spacial score (nSPS) is 20.1. The van der Waals surface area contributed by atoms with E-state index in [4.69, 9.17) is 11.0 Å². The lowest BCUT2D eigenvalue weighted by Crippen LogP contribution is -2.38. The number of aromatic nitrogens is 2. The van der Waals surface area contributed by atoms with Gasteiger partial charge in [0.05, 0.1) is 12.6 Å². The van der Waals surface area contributed by atoms with E-state index in [0.717, 1.165) is 64.5 Å². The molecule has 4 rings (SSSR count). The number of hydrogen-bond donors (Lipinski definition) is 2. The van der Waals surface area contributed by atoms with Crippen LogP contribution in [0.5, 0.6) is 0 Å². The van der Waals surface area contributed by atoms with Crippen LogP contribution in [-0.2, 0) is 11.3 Å². The number of halogens is 1. The van der Waals surface area contributed by atoms with Crippen LogP contribution in [0.25, 0.3) is 0 Å². The predicted molar refractivity (Wildman–Crippen MR) is 144 cm³/mol. The lowest BCUT2D eigenvalue weighted by Gasteiger charge is -2.33. The standard InChI is InChI=1S/C29H39FN6O2/c30-25(19-36-20-26(27(32)37)28(34-36)33-29(38)24-13-14-24)18-35(16-6-2-5-15-31)17-21-9-11-23(12-10-21)22-7-3-1-4-8-22/h1,3-4,7-8,20-21,23-25H,2,5-6,9-14,16-19H2,(H2,32,37)(H,33,34,38). The smallest absolute Gasteiger partial charge is 0.254 e. The van der Waals surface area contributed by atoms with Crippen molar-refractivity contribution in [1.29, 1.82) is 5.26 Å². The quantitative estimate of drug-likeness (QED) is 0.351. The molecule has 1 unspecified atom stereocenters. The number of nitrogens with zero attached hydrogens (tertiary/aromatic N) is 4. The highest BCUT2D eigenvalue weighted by atomic mass is 19.1. The minimum Gasteiger partial charge on any atom is -0.365 e. The van der Waals surface area contributed by atoms with Crippen molar-refractivity contribution < 1.29 is 14.0 Å². The molecule has 0 spiro atoms. The Bertz CT molecular complexity index is 1100. The van der Waals surface area contributed by atoms with Gasteiger partial charge in [-0.25, -0.2) is 4.39 Å². The van der Waals surface area contributed by atoms with Gasteiger partial charge in [-0.1, -0.05) is 30.3 Å². The van der Waals surface area contributed by atoms with Crippen molar-refractivity contribution in [3.8, 4) is 6.07 Å². The van der Waals surface area contributed by atoms with Crippen molar-refractivity contribution in [2.75, 3.05) is 25.0 Å². The average molecular weight is 523 g/mol. The third kappa shape index (κ3) is 8.12. The van der Waals surface area contributed by atoms with Crippen LogP contribution in [0.3, 0.4) is 0 Å². The number of benzene rings is 1. The summed E-state index contributed by atoms with van der Waals surface area (Å²) in [7, 11) is 0. The number of nitrogens with one attached hydrogen (secondary N) is 1. The second kappa shape index (κ2) is 13.5. The van der Waals surface area contributed by atoms with Gasteiger partial charge in [0, 0.05) is 31.6 Å². The van der Waals surface area contributed by atoms with Gasteiger partial charge < -0.3 is 16.0 Å². The molecule has 1 atom stereocenters. The Morgan fingerprint density at radius 3 is 2.55 bits per heavy atom. The first-order chi connectivity index (χ1) is 18.4. The van der Waals surface area contributed by atoms with Crippen LogP contribution in [0.1, 0.15) is 79.6 Å². The van der Waals surface area contributed by atoms with E-state index in [1.807, 2.05) is 0 Å². The minimum absolute atomic E-state index is 0.0327. The number of nitriles is 1. The Balaban J connectivity index is 1.33. The number of primary amides is 1. The summed E-state index contributed by atoms with van der Waals surface area (Å²) in [4.78, 5) is 26.2. The molecule has 0 bridgehead atoms. The van der Waals surface area contributed by atoms with Crippen molar-refractivity contribution in [2.24, 2.45) is 17.6 Å². The van der Waals surface area contributed by atoms with Crippen LogP contribution in [0, 0.1) is 23.2 Å². The highest BCUT2D eigenvalue weighted by Gasteiger charge is 2.31. The molecule has 0 aliphatic heterocycles. The average Bonchev–Trinajstić information content (AvgIpc) is 3.69. The van der Waals surface area contributed by atoms with Crippen LogP contribution < -0.4 is 11.1 Å². The number of unbranched alkanes of at least 4 members (excludes halogenated alkanes) is 2. The lowest BCUT2D eigenvalue weighted by molar-refractivity contribution is -0.117. The fourth-order valence-corrected chi connectivity index (χ4v) is 5.46. The van der Waals surface area contributed by atoms with Gasteiger partial charge in [0.15, 0.2) is 5.82 Å². The second-order valence-electron chi connectivity index (χ2n) is 10.8. The lowest BCUT2D eigenvalue weighted by atomic mass is 9.78. The van der Waals surface area contributed by atoms with Crippen LogP contribution in [0.15, 0.2) is 36.5 Å². The fraction of sp³-hybridized carbons (Fsp3) is 0.586. The monoisotopic (exact) mass is 522 g/mol. The molecule has 2 aromatic rings. The maximum absolute atomic E-state index is 15.3. The molecule has 0 radical (unpaired) electrons. The Morgan fingerprint density at radius 1 is 1.16 bits per heavy atom. The Hall–Kier alpha value is -3.25. The summed E-state index contributed by atoms with van der Waals surface area (Å²) in [6, 6.07) is 12.9. The molecule has 2 fully saturated rings. The van der Waals surface area contributed by atoms with E-state index in [-0.39, 0.29) is 36.3 Å². The van der Waals surface area contributed by atoms with Gasteiger partial charge in [-0.3, -0.25) is 14.3 Å². The van der Waals surface area contributed by atoms with Crippen LogP contribution in [0.2, 0.25) is 0 Å². The molecule has 38 heavy (non-hydrogen) atoms. The first-order valence-electron chi connectivity index (χ1n) is 13.9. The van der Waals surface area contributed by atoms with E-state index >= 15 is 4.39 Å². The largest absolute Gasteiger partial charge is 0.365 e. The first-order valence-corrected chi connectivity index (χ1v) is 13.9. The summed E-state index contributed by atoms with van der Waals surface area (Å²) in [6.07, 6.45) is 8.55. The van der Waals surface area contributed by atoms with Crippen molar-refractivity contribution >= 4 is 17.6 Å². The maximum atomic E-state index is 15.3. The van der Waals surface area contributed by atoms with E-state index in [1.54, 1.807) is 0 Å². The number of nitrogens with two attached hydrogens (primary N) is 1. The van der Waals surface area contributed by atoms with Gasteiger partial charge in [-0.05, 0) is 75.3 Å². The molecular formula is C29H39FN6O2. The Kier molecular flexibility index (Phi) is 9.88. The third-order valence-corrected chi connectivity index (χ3v) is 7.71. The summed E-state index contributed by atoms with van der Waals surface area (Å²) in [5.41, 5.74) is 6.97. The highest BCUT2D eigenvalue weighted by molar-refractivity contribution is 6.02. The van der Waals surface area contributed by atoms with Crippen LogP contribution in [0.4, 0.5) is 10.2 Å². The molecule has 8 nitrogen and oxygen atoms in total. The SMILES string of the molecule is N#CCCCCN(CC(F)Cn1cc(C(N)=O)c(NC(=O)C2CC2)n1)CC1CCC(c2ccccc2)CC1. The van der Waals surface area contributed by atoms with Crippen LogP contribution >= 0.6 is 0 Å². The minimum atomic E-state index is -1.21. The molecular weight excluding hydrogens is 483 g/mol. The van der Waals surface area contributed by atoms with Crippen molar-refractivity contribution in [3.63, 3.8) is 0 Å². The number of anilines is 1. The first kappa shape index (κ1) is 27.8. The zero-order chi connectivity index (χ0) is 26.9. The van der Waals surface area contributed by atoms with Crippen LogP contribution in [-0.4, -0.2) is 52.3 Å². The summed E-state index contributed by atoms with van der Waals surface area (Å²) in [6.45, 7) is 1.80. The van der Waals surface area contributed by atoms with Gasteiger partial charge in [-0.2, -0.15) is 10.4 Å². The summed E-state index contributed by atoms with van der Waals surface area (Å²) in [5, 5.41) is 15.8. The molecule has 204 valence electrons. The molecule has 1 aromatic heterocycles. The fourth-order valence-electron chi connectivity index (χ4n) is 5.46. The third-order valence-electron chi connectivity index (χ3n) is 7.71. The van der Waals surface area contributed by atoms with E-state index in [1.165, 1.54) is 16.4 Å². The van der Waals surface area contributed by atoms with Crippen molar-refractivity contribution in [1.82, 2.24) is 14.7 Å². The summed E-state index contributed by atoms with van der Waals surface area (Å²) < 4.78 is 16.7. The summed E-state index contributed by atoms with van der Waals surface area (Å²) >= 11 is 0. The summed E-state index contributed by atoms with van der Waals surface area (Å²) in [5.74, 6) is 0.285. The van der Waals surface area contributed by atoms with E-state index < -0.39 is 12.1 Å². The van der Waals surface area contributed by atoms with Crippen molar-refractivity contribution in [2.45, 2.75) is 76.4 Å². The van der Waals surface area contributed by atoms with Gasteiger partial charge in [0.2, 0.25) is 5.91 Å². The topological polar surface area (TPSA) is 117 Å². The van der Waals surface area contributed by atoms with E-state index in [2.05, 4.69) is 51.7 Å².